The van der Waals surface area contributed by atoms with Gasteiger partial charge in [-0.05, 0) is 19.1 Å². The highest BCUT2D eigenvalue weighted by molar-refractivity contribution is 5.72. The first-order valence-electron chi connectivity index (χ1n) is 3.89. The molecule has 1 unspecified atom stereocenters. The summed E-state index contributed by atoms with van der Waals surface area (Å²) in [5.41, 5.74) is 6.56. The van der Waals surface area contributed by atoms with E-state index in [9.17, 15) is 0 Å². The quantitative estimate of drug-likeness (QED) is 0.507. The number of benzene rings is 1. The Balaban J connectivity index is 0.000000184. The summed E-state index contributed by atoms with van der Waals surface area (Å²) in [5.74, 6) is 0. The van der Waals surface area contributed by atoms with Crippen LogP contribution in [0.3, 0.4) is 0 Å². The Bertz CT molecular complexity index is 325. The lowest BCUT2D eigenvalue weighted by Crippen LogP contribution is -2.11. The number of H-pyrrole nitrogens is 1. The second-order valence-corrected chi connectivity index (χ2v) is 2.57. The Labute approximate surface area is 75.6 Å². The predicted molar refractivity (Wildman–Crippen MR) is 49.8 cm³/mol. The number of nitrogens with one attached hydrogen (secondary N) is 1. The van der Waals surface area contributed by atoms with Crippen molar-refractivity contribution in [3.8, 4) is 0 Å². The summed E-state index contributed by atoms with van der Waals surface area (Å²) in [6, 6.07) is 7.74. The van der Waals surface area contributed by atoms with Crippen LogP contribution < -0.4 is 5.73 Å². The summed E-state index contributed by atoms with van der Waals surface area (Å²) in [6.07, 6.45) is -0.667. The highest BCUT2D eigenvalue weighted by Crippen LogP contribution is 2.03. The number of nitrogens with zero attached hydrogens (tertiary/aromatic N) is 2. The molecule has 0 amide bonds. The molecular formula is C8H12N4O. The van der Waals surface area contributed by atoms with Gasteiger partial charge >= 0.3 is 0 Å². The third-order valence-electron chi connectivity index (χ3n) is 1.23. The Kier molecular flexibility index (Phi) is 3.36. The molecule has 0 saturated heterocycles. The van der Waals surface area contributed by atoms with Crippen LogP contribution in [0.2, 0.25) is 0 Å². The molecular weight excluding hydrogens is 168 g/mol. The van der Waals surface area contributed by atoms with Gasteiger partial charge in [0, 0.05) is 0 Å². The van der Waals surface area contributed by atoms with Gasteiger partial charge < -0.3 is 10.8 Å². The van der Waals surface area contributed by atoms with E-state index in [0.717, 1.165) is 11.0 Å². The smallest absolute Gasteiger partial charge is 0.112 e. The molecule has 5 nitrogen and oxygen atoms in total. The van der Waals surface area contributed by atoms with Crippen molar-refractivity contribution in [2.24, 2.45) is 5.73 Å². The van der Waals surface area contributed by atoms with Gasteiger partial charge in [-0.15, -0.1) is 5.10 Å². The SMILES string of the molecule is CC(N)O.c1ccc2[nH]nnc2c1. The second-order valence-electron chi connectivity index (χ2n) is 2.57. The van der Waals surface area contributed by atoms with Gasteiger partial charge in [0.1, 0.15) is 5.52 Å². The van der Waals surface area contributed by atoms with Gasteiger partial charge in [0.25, 0.3) is 0 Å². The fourth-order valence-electron chi connectivity index (χ4n) is 0.788. The van der Waals surface area contributed by atoms with Crippen molar-refractivity contribution in [3.63, 3.8) is 0 Å². The van der Waals surface area contributed by atoms with E-state index in [1.165, 1.54) is 6.92 Å². The molecule has 0 aliphatic rings. The van der Waals surface area contributed by atoms with Crippen LogP contribution in [-0.4, -0.2) is 26.7 Å². The zero-order valence-corrected chi connectivity index (χ0v) is 7.31. The maximum Gasteiger partial charge on any atom is 0.112 e. The highest BCUT2D eigenvalue weighted by atomic mass is 16.3. The monoisotopic (exact) mass is 180 g/mol. The van der Waals surface area contributed by atoms with E-state index in [4.69, 9.17) is 5.11 Å². The summed E-state index contributed by atoms with van der Waals surface area (Å²) in [4.78, 5) is 0. The third-order valence-corrected chi connectivity index (χ3v) is 1.23. The molecule has 0 spiro atoms. The molecule has 0 saturated carbocycles. The normalized spacial score (nSPS) is 11.9. The van der Waals surface area contributed by atoms with Gasteiger partial charge in [-0.2, -0.15) is 0 Å². The van der Waals surface area contributed by atoms with E-state index >= 15 is 0 Å². The van der Waals surface area contributed by atoms with Gasteiger partial charge in [0.2, 0.25) is 0 Å². The first-order valence-corrected chi connectivity index (χ1v) is 3.89. The topological polar surface area (TPSA) is 87.8 Å². The van der Waals surface area contributed by atoms with Crippen molar-refractivity contribution in [3.05, 3.63) is 24.3 Å². The molecule has 1 aromatic carbocycles. The number of aromatic amines is 1. The zero-order chi connectivity index (χ0) is 9.68. The number of aliphatic hydroxyl groups is 1. The highest BCUT2D eigenvalue weighted by Gasteiger charge is 1.90. The van der Waals surface area contributed by atoms with E-state index in [1.807, 2.05) is 24.3 Å². The molecule has 0 aliphatic heterocycles. The van der Waals surface area contributed by atoms with E-state index in [2.05, 4.69) is 21.1 Å². The molecule has 2 rings (SSSR count). The van der Waals surface area contributed by atoms with Crippen molar-refractivity contribution in [2.75, 3.05) is 0 Å². The van der Waals surface area contributed by atoms with Crippen LogP contribution in [0, 0.1) is 0 Å². The maximum absolute atomic E-state index is 7.83. The Morgan fingerprint density at radius 3 is 2.69 bits per heavy atom. The molecule has 2 aromatic rings. The first-order chi connectivity index (χ1) is 6.20. The van der Waals surface area contributed by atoms with E-state index in [-0.39, 0.29) is 0 Å². The predicted octanol–water partition coefficient (Wildman–Crippen LogP) is 0.241. The average Bonchev–Trinajstić information content (AvgIpc) is 2.49. The Hall–Kier alpha value is -1.46. The molecule has 70 valence electrons. The van der Waals surface area contributed by atoms with Gasteiger partial charge in [-0.25, -0.2) is 0 Å². The van der Waals surface area contributed by atoms with E-state index < -0.39 is 6.23 Å². The molecule has 0 radical (unpaired) electrons. The summed E-state index contributed by atoms with van der Waals surface area (Å²) in [7, 11) is 0. The van der Waals surface area contributed by atoms with Crippen molar-refractivity contribution in [1.82, 2.24) is 15.4 Å². The van der Waals surface area contributed by atoms with Crippen molar-refractivity contribution >= 4 is 11.0 Å². The van der Waals surface area contributed by atoms with Crippen LogP contribution in [0.1, 0.15) is 6.92 Å². The standard InChI is InChI=1S/C6H5N3.C2H7NO/c1-2-4-6-5(3-1)7-9-8-6;1-2(3)4/h1-4H,(H,7,8,9);2,4H,3H2,1H3. The van der Waals surface area contributed by atoms with Crippen LogP contribution in [-0.2, 0) is 0 Å². The van der Waals surface area contributed by atoms with E-state index in [0.29, 0.717) is 0 Å². The number of rotatable bonds is 0. The fourth-order valence-corrected chi connectivity index (χ4v) is 0.788. The van der Waals surface area contributed by atoms with Crippen LogP contribution in [0.4, 0.5) is 0 Å². The van der Waals surface area contributed by atoms with Crippen LogP contribution in [0.15, 0.2) is 24.3 Å². The minimum absolute atomic E-state index is 0.667. The van der Waals surface area contributed by atoms with E-state index in [1.54, 1.807) is 0 Å². The van der Waals surface area contributed by atoms with Gasteiger partial charge in [0.15, 0.2) is 0 Å². The molecule has 0 aliphatic carbocycles. The molecule has 1 heterocycles. The first kappa shape index (κ1) is 9.63. The molecule has 0 bridgehead atoms. The third kappa shape index (κ3) is 3.18. The molecule has 13 heavy (non-hydrogen) atoms. The zero-order valence-electron chi connectivity index (χ0n) is 7.31. The number of aromatic nitrogens is 3. The average molecular weight is 180 g/mol. The van der Waals surface area contributed by atoms with Crippen molar-refractivity contribution in [2.45, 2.75) is 13.2 Å². The largest absolute Gasteiger partial charge is 0.379 e. The maximum atomic E-state index is 7.83. The number of fused-ring (bicyclic) bond motifs is 1. The second kappa shape index (κ2) is 4.54. The Morgan fingerprint density at radius 2 is 2.08 bits per heavy atom. The van der Waals surface area contributed by atoms with Crippen LogP contribution in [0.25, 0.3) is 11.0 Å². The lowest BCUT2D eigenvalue weighted by molar-refractivity contribution is 0.203. The minimum Gasteiger partial charge on any atom is -0.379 e. The lowest BCUT2D eigenvalue weighted by atomic mass is 10.3. The number of para-hydroxylation sites is 1. The van der Waals surface area contributed by atoms with Gasteiger partial charge in [0.05, 0.1) is 11.7 Å². The van der Waals surface area contributed by atoms with Crippen LogP contribution in [0.5, 0.6) is 0 Å². The minimum atomic E-state index is -0.667. The number of aliphatic hydroxyl groups excluding tert-OH is 1. The molecule has 0 fully saturated rings. The molecule has 4 N–H and O–H groups in total. The van der Waals surface area contributed by atoms with Crippen LogP contribution >= 0.6 is 0 Å². The molecule has 1 atom stereocenters. The number of hydrogen-bond acceptors (Lipinski definition) is 4. The number of hydrogen-bond donors (Lipinski definition) is 3. The van der Waals surface area contributed by atoms with Gasteiger partial charge in [-0.3, -0.25) is 5.10 Å². The lowest BCUT2D eigenvalue weighted by Gasteiger charge is -1.82. The number of nitrogens with two attached hydrogens (primary N) is 1. The summed E-state index contributed by atoms with van der Waals surface area (Å²) in [6.45, 7) is 1.50. The fraction of sp³-hybridized carbons (Fsp3) is 0.250. The molecule has 5 heteroatoms. The molecule has 1 aromatic heterocycles. The summed E-state index contributed by atoms with van der Waals surface area (Å²) >= 11 is 0. The summed E-state index contributed by atoms with van der Waals surface area (Å²) in [5, 5.41) is 18.0. The summed E-state index contributed by atoms with van der Waals surface area (Å²) < 4.78 is 0. The Morgan fingerprint density at radius 1 is 1.46 bits per heavy atom. The van der Waals surface area contributed by atoms with Crippen molar-refractivity contribution in [1.29, 1.82) is 0 Å². The van der Waals surface area contributed by atoms with Crippen molar-refractivity contribution < 1.29 is 5.11 Å². The van der Waals surface area contributed by atoms with Gasteiger partial charge in [-0.1, -0.05) is 17.3 Å².